The molecule has 0 radical (unpaired) electrons. The molecule has 0 N–H and O–H groups in total. The maximum absolute atomic E-state index is 12.0. The Morgan fingerprint density at radius 2 is 0.846 bits per heavy atom. The van der Waals surface area contributed by atoms with Gasteiger partial charge in [-0.3, -0.25) is 4.79 Å². The second kappa shape index (κ2) is 7.20. The van der Waals surface area contributed by atoms with E-state index in [1.165, 1.54) is 0 Å². The number of hydrogen-bond acceptors (Lipinski definition) is 1. The average Bonchev–Trinajstić information content (AvgIpc) is 2.74. The summed E-state index contributed by atoms with van der Waals surface area (Å²) in [7, 11) is 0. The number of benzene rings is 4. The monoisotopic (exact) mass is 334 g/mol. The summed E-state index contributed by atoms with van der Waals surface area (Å²) in [5.41, 5.74) is 6.98. The molecule has 0 saturated carbocycles. The first-order valence-corrected chi connectivity index (χ1v) is 8.66. The lowest BCUT2D eigenvalue weighted by Gasteiger charge is -2.15. The van der Waals surface area contributed by atoms with Gasteiger partial charge in [-0.1, -0.05) is 91.0 Å². The summed E-state index contributed by atoms with van der Waals surface area (Å²) < 4.78 is 0. The third-order valence-electron chi connectivity index (χ3n) is 4.57. The van der Waals surface area contributed by atoms with Crippen LogP contribution in [0.4, 0.5) is 0 Å². The number of carbonyl (C=O) groups is 1. The molecule has 4 rings (SSSR count). The average molecular weight is 334 g/mol. The zero-order chi connectivity index (χ0) is 17.8. The molecule has 1 nitrogen and oxygen atoms in total. The van der Waals surface area contributed by atoms with E-state index in [0.717, 1.165) is 45.2 Å². The highest BCUT2D eigenvalue weighted by molar-refractivity contribution is 5.98. The minimum atomic E-state index is 0.724. The van der Waals surface area contributed by atoms with Crippen LogP contribution in [0.2, 0.25) is 0 Å². The number of rotatable bonds is 4. The highest BCUT2D eigenvalue weighted by Gasteiger charge is 2.14. The van der Waals surface area contributed by atoms with Gasteiger partial charge in [0.2, 0.25) is 0 Å². The van der Waals surface area contributed by atoms with Gasteiger partial charge in [0, 0.05) is 5.56 Å². The second-order valence-corrected chi connectivity index (χ2v) is 6.20. The Labute approximate surface area is 153 Å². The van der Waals surface area contributed by atoms with Gasteiger partial charge >= 0.3 is 0 Å². The Morgan fingerprint density at radius 3 is 1.23 bits per heavy atom. The molecule has 0 atom stereocenters. The topological polar surface area (TPSA) is 17.1 Å². The minimum Gasteiger partial charge on any atom is -0.298 e. The largest absolute Gasteiger partial charge is 0.298 e. The van der Waals surface area contributed by atoms with Crippen LogP contribution in [0.15, 0.2) is 103 Å². The Morgan fingerprint density at radius 1 is 0.462 bits per heavy atom. The van der Waals surface area contributed by atoms with Crippen molar-refractivity contribution in [1.82, 2.24) is 0 Å². The molecule has 0 bridgehead atoms. The lowest BCUT2D eigenvalue weighted by molar-refractivity contribution is 0.112. The highest BCUT2D eigenvalue weighted by Crippen LogP contribution is 2.36. The Balaban J connectivity index is 2.03. The van der Waals surface area contributed by atoms with Gasteiger partial charge in [0.25, 0.3) is 0 Å². The molecule has 0 aliphatic rings. The summed E-state index contributed by atoms with van der Waals surface area (Å²) in [5.74, 6) is 0. The number of aldehydes is 1. The van der Waals surface area contributed by atoms with Gasteiger partial charge in [0.1, 0.15) is 0 Å². The number of carbonyl (C=O) groups excluding carboxylic acids is 1. The normalized spacial score (nSPS) is 10.5. The van der Waals surface area contributed by atoms with Crippen LogP contribution in [0.25, 0.3) is 33.4 Å². The van der Waals surface area contributed by atoms with Crippen LogP contribution in [-0.2, 0) is 0 Å². The molecule has 0 aliphatic carbocycles. The first-order valence-electron chi connectivity index (χ1n) is 8.66. The molecule has 1 heteroatoms. The maximum atomic E-state index is 12.0. The van der Waals surface area contributed by atoms with Crippen LogP contribution in [0.3, 0.4) is 0 Å². The van der Waals surface area contributed by atoms with Crippen molar-refractivity contribution in [1.29, 1.82) is 0 Å². The van der Waals surface area contributed by atoms with E-state index in [-0.39, 0.29) is 0 Å². The van der Waals surface area contributed by atoms with Gasteiger partial charge in [-0.15, -0.1) is 0 Å². The van der Waals surface area contributed by atoms with E-state index in [1.807, 2.05) is 78.9 Å². The molecule has 0 aromatic heterocycles. The van der Waals surface area contributed by atoms with Crippen molar-refractivity contribution in [3.05, 3.63) is 109 Å². The highest BCUT2D eigenvalue weighted by atomic mass is 16.1. The van der Waals surface area contributed by atoms with Crippen LogP contribution in [0, 0.1) is 0 Å². The van der Waals surface area contributed by atoms with E-state index in [1.54, 1.807) is 0 Å². The first kappa shape index (κ1) is 16.0. The fourth-order valence-corrected chi connectivity index (χ4v) is 3.29. The van der Waals surface area contributed by atoms with Crippen LogP contribution in [-0.4, -0.2) is 6.29 Å². The Kier molecular flexibility index (Phi) is 4.44. The van der Waals surface area contributed by atoms with Crippen molar-refractivity contribution in [2.75, 3.05) is 0 Å². The molecule has 0 heterocycles. The minimum absolute atomic E-state index is 0.724. The van der Waals surface area contributed by atoms with Crippen molar-refractivity contribution >= 4 is 6.29 Å². The van der Waals surface area contributed by atoms with Gasteiger partial charge in [-0.05, 0) is 45.5 Å². The summed E-state index contributed by atoms with van der Waals surface area (Å²) in [6, 6.07) is 34.7. The Bertz CT molecular complexity index is 959. The van der Waals surface area contributed by atoms with Crippen molar-refractivity contribution < 1.29 is 4.79 Å². The van der Waals surface area contributed by atoms with Crippen molar-refractivity contribution in [2.45, 2.75) is 0 Å². The molecule has 124 valence electrons. The predicted octanol–water partition coefficient (Wildman–Crippen LogP) is 6.50. The molecule has 4 aromatic carbocycles. The van der Waals surface area contributed by atoms with E-state index >= 15 is 0 Å². The molecule has 0 fully saturated rings. The van der Waals surface area contributed by atoms with E-state index in [0.29, 0.717) is 0 Å². The summed E-state index contributed by atoms with van der Waals surface area (Å²) in [4.78, 5) is 12.0. The van der Waals surface area contributed by atoms with Gasteiger partial charge in [0.15, 0.2) is 6.29 Å². The lowest BCUT2D eigenvalue weighted by atomic mass is 9.88. The summed E-state index contributed by atoms with van der Waals surface area (Å²) in [5, 5.41) is 0. The van der Waals surface area contributed by atoms with Gasteiger partial charge < -0.3 is 0 Å². The second-order valence-electron chi connectivity index (χ2n) is 6.20. The molecular formula is C25H18O. The molecule has 0 aliphatic heterocycles. The standard InChI is InChI=1S/C25H18O/c26-18-25-23(20-12-6-2-7-13-20)16-22(19-10-4-1-5-11-19)17-24(25)21-14-8-3-9-15-21/h1-18H. The molecule has 0 spiro atoms. The van der Waals surface area contributed by atoms with Crippen LogP contribution < -0.4 is 0 Å². The van der Waals surface area contributed by atoms with Crippen molar-refractivity contribution in [3.63, 3.8) is 0 Å². The van der Waals surface area contributed by atoms with E-state index < -0.39 is 0 Å². The fraction of sp³-hybridized carbons (Fsp3) is 0. The maximum Gasteiger partial charge on any atom is 0.151 e. The quantitative estimate of drug-likeness (QED) is 0.389. The van der Waals surface area contributed by atoms with Gasteiger partial charge in [-0.25, -0.2) is 0 Å². The third kappa shape index (κ3) is 3.07. The Hall–Kier alpha value is -3.45. The van der Waals surface area contributed by atoms with E-state index in [2.05, 4.69) is 24.3 Å². The summed E-state index contributed by atoms with van der Waals surface area (Å²) in [6.45, 7) is 0. The zero-order valence-electron chi connectivity index (χ0n) is 14.3. The van der Waals surface area contributed by atoms with E-state index in [9.17, 15) is 4.79 Å². The molecule has 26 heavy (non-hydrogen) atoms. The molecular weight excluding hydrogens is 316 g/mol. The SMILES string of the molecule is O=Cc1c(-c2ccccc2)cc(-c2ccccc2)cc1-c1ccccc1. The van der Waals surface area contributed by atoms with Crippen LogP contribution >= 0.6 is 0 Å². The number of hydrogen-bond donors (Lipinski definition) is 0. The molecule has 0 unspecified atom stereocenters. The van der Waals surface area contributed by atoms with Crippen molar-refractivity contribution in [2.24, 2.45) is 0 Å². The van der Waals surface area contributed by atoms with E-state index in [4.69, 9.17) is 0 Å². The summed E-state index contributed by atoms with van der Waals surface area (Å²) >= 11 is 0. The molecule has 0 amide bonds. The van der Waals surface area contributed by atoms with Crippen LogP contribution in [0.1, 0.15) is 10.4 Å². The first-order chi connectivity index (χ1) is 12.9. The predicted molar refractivity (Wildman–Crippen MR) is 108 cm³/mol. The fourth-order valence-electron chi connectivity index (χ4n) is 3.29. The van der Waals surface area contributed by atoms with Crippen LogP contribution in [0.5, 0.6) is 0 Å². The zero-order valence-corrected chi connectivity index (χ0v) is 14.3. The third-order valence-corrected chi connectivity index (χ3v) is 4.57. The van der Waals surface area contributed by atoms with Crippen molar-refractivity contribution in [3.8, 4) is 33.4 Å². The summed E-state index contributed by atoms with van der Waals surface area (Å²) in [6.07, 6.45) is 0.972. The smallest absolute Gasteiger partial charge is 0.151 e. The van der Waals surface area contributed by atoms with Gasteiger partial charge in [0.05, 0.1) is 0 Å². The molecule has 0 saturated heterocycles. The van der Waals surface area contributed by atoms with Gasteiger partial charge in [-0.2, -0.15) is 0 Å². The molecule has 4 aromatic rings. The lowest BCUT2D eigenvalue weighted by Crippen LogP contribution is -1.95.